The van der Waals surface area contributed by atoms with Crippen molar-refractivity contribution in [2.45, 2.75) is 12.4 Å². The van der Waals surface area contributed by atoms with Crippen LogP contribution in [0.15, 0.2) is 30.3 Å². The number of hydrogen-bond acceptors (Lipinski definition) is 2. The van der Waals surface area contributed by atoms with Gasteiger partial charge in [-0.1, -0.05) is 29.3 Å². The van der Waals surface area contributed by atoms with Crippen molar-refractivity contribution in [3.05, 3.63) is 50.1 Å². The van der Waals surface area contributed by atoms with E-state index in [1.54, 1.807) is 11.3 Å². The van der Waals surface area contributed by atoms with E-state index in [0.717, 1.165) is 22.1 Å². The largest absolute Gasteiger partial charge is 0.369 e. The lowest BCUT2D eigenvalue weighted by molar-refractivity contribution is 0.932. The number of thiophene rings is 1. The van der Waals surface area contributed by atoms with Crippen LogP contribution in [0, 0.1) is 0 Å². The number of benzene rings is 1. The fourth-order valence-electron chi connectivity index (χ4n) is 1.79. The van der Waals surface area contributed by atoms with Crippen molar-refractivity contribution < 1.29 is 0 Å². The number of rotatable bonds is 4. The van der Waals surface area contributed by atoms with Crippen LogP contribution in [0.2, 0.25) is 9.36 Å². The molecule has 2 rings (SSSR count). The summed E-state index contributed by atoms with van der Waals surface area (Å²) in [7, 11) is 2.02. The van der Waals surface area contributed by atoms with Crippen LogP contribution < -0.4 is 4.90 Å². The van der Waals surface area contributed by atoms with Crippen molar-refractivity contribution in [3.8, 4) is 0 Å². The number of anilines is 1. The second-order valence-corrected chi connectivity index (χ2v) is 6.41. The molecule has 18 heavy (non-hydrogen) atoms. The molecule has 0 fully saturated rings. The average molecular weight is 321 g/mol. The lowest BCUT2D eigenvalue weighted by atomic mass is 10.2. The molecule has 2 aromatic rings. The third-order valence-corrected chi connectivity index (χ3v) is 4.50. The van der Waals surface area contributed by atoms with Gasteiger partial charge in [-0.25, -0.2) is 0 Å². The average Bonchev–Trinajstić information content (AvgIpc) is 2.74. The standard InChI is InChI=1S/C13H12Cl3NS/c1-17(8-9-5-6-13(16)18-9)12-4-2-3-11(15)10(12)7-14/h2-6H,7-8H2,1H3. The van der Waals surface area contributed by atoms with Crippen LogP contribution in [0.1, 0.15) is 10.4 Å². The first-order chi connectivity index (χ1) is 8.61. The highest BCUT2D eigenvalue weighted by molar-refractivity contribution is 7.16. The Morgan fingerprint density at radius 3 is 2.56 bits per heavy atom. The minimum atomic E-state index is 0.407. The quantitative estimate of drug-likeness (QED) is 0.679. The minimum absolute atomic E-state index is 0.407. The second kappa shape index (κ2) is 6.16. The van der Waals surface area contributed by atoms with Gasteiger partial charge in [-0.3, -0.25) is 0 Å². The highest BCUT2D eigenvalue weighted by Gasteiger charge is 2.11. The Balaban J connectivity index is 2.23. The first-order valence-corrected chi connectivity index (χ1v) is 7.51. The molecule has 0 radical (unpaired) electrons. The summed E-state index contributed by atoms with van der Waals surface area (Å²) < 4.78 is 0.807. The van der Waals surface area contributed by atoms with Crippen LogP contribution >= 0.6 is 46.1 Å². The van der Waals surface area contributed by atoms with Crippen molar-refractivity contribution in [2.75, 3.05) is 11.9 Å². The van der Waals surface area contributed by atoms with Crippen LogP contribution in [0.25, 0.3) is 0 Å². The molecule has 0 bridgehead atoms. The van der Waals surface area contributed by atoms with E-state index in [1.807, 2.05) is 37.4 Å². The number of nitrogens with zero attached hydrogens (tertiary/aromatic N) is 1. The van der Waals surface area contributed by atoms with E-state index in [4.69, 9.17) is 34.8 Å². The van der Waals surface area contributed by atoms with Crippen molar-refractivity contribution in [2.24, 2.45) is 0 Å². The monoisotopic (exact) mass is 319 g/mol. The predicted molar refractivity (Wildman–Crippen MR) is 82.4 cm³/mol. The van der Waals surface area contributed by atoms with Crippen molar-refractivity contribution in [1.29, 1.82) is 0 Å². The van der Waals surface area contributed by atoms with E-state index in [0.29, 0.717) is 10.9 Å². The molecule has 0 aliphatic heterocycles. The first-order valence-electron chi connectivity index (χ1n) is 5.40. The van der Waals surface area contributed by atoms with Crippen LogP contribution in [0.5, 0.6) is 0 Å². The molecule has 0 N–H and O–H groups in total. The molecular weight excluding hydrogens is 309 g/mol. The molecule has 0 aliphatic carbocycles. The van der Waals surface area contributed by atoms with Crippen LogP contribution in [0.4, 0.5) is 5.69 Å². The lowest BCUT2D eigenvalue weighted by Gasteiger charge is -2.21. The van der Waals surface area contributed by atoms with Gasteiger partial charge in [0.15, 0.2) is 0 Å². The number of alkyl halides is 1. The molecule has 1 heterocycles. The summed E-state index contributed by atoms with van der Waals surface area (Å²) in [6.45, 7) is 0.793. The highest BCUT2D eigenvalue weighted by atomic mass is 35.5. The van der Waals surface area contributed by atoms with E-state index in [-0.39, 0.29) is 0 Å². The fraction of sp³-hybridized carbons (Fsp3) is 0.231. The van der Waals surface area contributed by atoms with E-state index in [9.17, 15) is 0 Å². The second-order valence-electron chi connectivity index (χ2n) is 3.93. The van der Waals surface area contributed by atoms with E-state index in [2.05, 4.69) is 4.90 Å². The number of halogens is 3. The smallest absolute Gasteiger partial charge is 0.0931 e. The zero-order valence-electron chi connectivity index (χ0n) is 9.79. The Hall–Kier alpha value is -0.410. The summed E-state index contributed by atoms with van der Waals surface area (Å²) in [6.07, 6.45) is 0. The topological polar surface area (TPSA) is 3.24 Å². The van der Waals surface area contributed by atoms with Crippen LogP contribution in [-0.4, -0.2) is 7.05 Å². The third kappa shape index (κ3) is 3.12. The maximum Gasteiger partial charge on any atom is 0.0931 e. The normalized spacial score (nSPS) is 10.7. The summed E-state index contributed by atoms with van der Waals surface area (Å²) in [5, 5.41) is 0.707. The Morgan fingerprint density at radius 1 is 1.17 bits per heavy atom. The molecule has 1 aromatic heterocycles. The summed E-state index contributed by atoms with van der Waals surface area (Å²) in [5.41, 5.74) is 2.02. The maximum atomic E-state index is 6.15. The van der Waals surface area contributed by atoms with Gasteiger partial charge >= 0.3 is 0 Å². The van der Waals surface area contributed by atoms with Gasteiger partial charge in [0.1, 0.15) is 0 Å². The van der Waals surface area contributed by atoms with E-state index >= 15 is 0 Å². The highest BCUT2D eigenvalue weighted by Crippen LogP contribution is 2.30. The summed E-state index contributed by atoms with van der Waals surface area (Å²) in [5.74, 6) is 0.407. The van der Waals surface area contributed by atoms with Gasteiger partial charge in [0.25, 0.3) is 0 Å². The molecule has 0 amide bonds. The summed E-state index contributed by atoms with van der Waals surface area (Å²) in [4.78, 5) is 3.34. The number of hydrogen-bond donors (Lipinski definition) is 0. The van der Waals surface area contributed by atoms with Gasteiger partial charge in [-0.2, -0.15) is 0 Å². The summed E-state index contributed by atoms with van der Waals surface area (Å²) in [6, 6.07) is 9.77. The van der Waals surface area contributed by atoms with E-state index in [1.165, 1.54) is 4.88 Å². The van der Waals surface area contributed by atoms with Gasteiger partial charge in [0.2, 0.25) is 0 Å². The van der Waals surface area contributed by atoms with E-state index < -0.39 is 0 Å². The molecule has 0 spiro atoms. The SMILES string of the molecule is CN(Cc1ccc(Cl)s1)c1cccc(Cl)c1CCl. The van der Waals surface area contributed by atoms with Gasteiger partial charge in [-0.05, 0) is 24.3 Å². The zero-order valence-corrected chi connectivity index (χ0v) is 12.9. The lowest BCUT2D eigenvalue weighted by Crippen LogP contribution is -2.17. The molecule has 0 aliphatic rings. The zero-order chi connectivity index (χ0) is 13.1. The molecule has 0 saturated heterocycles. The Morgan fingerprint density at radius 2 is 1.94 bits per heavy atom. The molecule has 5 heteroatoms. The summed E-state index contributed by atoms with van der Waals surface area (Å²) >= 11 is 19.6. The molecule has 1 aromatic carbocycles. The first kappa shape index (κ1) is 14.0. The fourth-order valence-corrected chi connectivity index (χ4v) is 3.52. The Labute approximate surface area is 126 Å². The predicted octanol–water partition coefficient (Wildman–Crippen LogP) is 5.43. The van der Waals surface area contributed by atoms with Crippen LogP contribution in [-0.2, 0) is 12.4 Å². The van der Waals surface area contributed by atoms with Gasteiger partial charge in [0.05, 0.1) is 16.8 Å². The Kier molecular flexibility index (Phi) is 4.79. The molecular formula is C13H12Cl3NS. The minimum Gasteiger partial charge on any atom is -0.369 e. The van der Waals surface area contributed by atoms with Crippen LogP contribution in [0.3, 0.4) is 0 Å². The van der Waals surface area contributed by atoms with Crippen molar-refractivity contribution in [1.82, 2.24) is 0 Å². The van der Waals surface area contributed by atoms with Gasteiger partial charge in [0, 0.05) is 28.2 Å². The molecule has 96 valence electrons. The van der Waals surface area contributed by atoms with Gasteiger partial charge < -0.3 is 4.90 Å². The molecule has 0 unspecified atom stereocenters. The maximum absolute atomic E-state index is 6.15. The van der Waals surface area contributed by atoms with Gasteiger partial charge in [-0.15, -0.1) is 22.9 Å². The molecule has 0 atom stereocenters. The third-order valence-electron chi connectivity index (χ3n) is 2.66. The van der Waals surface area contributed by atoms with Crippen molar-refractivity contribution >= 4 is 51.8 Å². The van der Waals surface area contributed by atoms with Crippen molar-refractivity contribution in [3.63, 3.8) is 0 Å². The Bertz CT molecular complexity index is 539. The molecule has 0 saturated carbocycles. The molecule has 1 nitrogen and oxygen atoms in total.